The molecule has 0 aromatic rings. The van der Waals surface area contributed by atoms with Crippen LogP contribution in [0.3, 0.4) is 0 Å². The van der Waals surface area contributed by atoms with E-state index in [0.29, 0.717) is 6.16 Å². The monoisotopic (exact) mass is 105 g/mol. The van der Waals surface area contributed by atoms with Crippen molar-refractivity contribution in [3.8, 4) is 0 Å². The Labute approximate surface area is 38.5 Å². The lowest BCUT2D eigenvalue weighted by atomic mass is 10.6. The minimum absolute atomic E-state index is 0.551. The molecule has 0 bridgehead atoms. The van der Waals surface area contributed by atoms with E-state index in [1.54, 1.807) is 0 Å². The van der Waals surface area contributed by atoms with Crippen molar-refractivity contribution in [2.45, 2.75) is 13.3 Å². The summed E-state index contributed by atoms with van der Waals surface area (Å²) in [6, 6.07) is 0. The Bertz CT molecular complexity index is 54.8. The van der Waals surface area contributed by atoms with Crippen molar-refractivity contribution in [3.05, 3.63) is 0 Å². The van der Waals surface area contributed by atoms with Gasteiger partial charge in [0.25, 0.3) is 0 Å². The summed E-state index contributed by atoms with van der Waals surface area (Å²) in [5.74, 6) is 0. The van der Waals surface area contributed by atoms with Gasteiger partial charge < -0.3 is 4.89 Å². The van der Waals surface area contributed by atoms with Crippen LogP contribution in [0.2, 0.25) is 0 Å². The highest BCUT2D eigenvalue weighted by Gasteiger charge is 1.85. The third-order valence-electron chi connectivity index (χ3n) is 0.427. The van der Waals surface area contributed by atoms with Crippen molar-refractivity contribution in [1.82, 2.24) is 0 Å². The molecule has 0 aromatic carbocycles. The van der Waals surface area contributed by atoms with Gasteiger partial charge in [0.05, 0.1) is 0 Å². The first-order valence-corrected chi connectivity index (χ1v) is 3.37. The summed E-state index contributed by atoms with van der Waals surface area (Å²) in [4.78, 5) is 9.86. The Morgan fingerprint density at radius 3 is 2.33 bits per heavy atom. The van der Waals surface area contributed by atoms with Crippen LogP contribution in [0.15, 0.2) is 0 Å². The predicted octanol–water partition coefficient (Wildman–Crippen LogP) is 0.916. The van der Waals surface area contributed by atoms with Gasteiger partial charge in [-0.3, -0.25) is 0 Å². The maximum atomic E-state index is 9.86. The van der Waals surface area contributed by atoms with Gasteiger partial charge in [-0.2, -0.15) is 0 Å². The Hall–Kier alpha value is 0.0600. The summed E-state index contributed by atoms with van der Waals surface area (Å²) >= 11 is 0. The van der Waals surface area contributed by atoms with Gasteiger partial charge in [-0.15, -0.1) is 5.16 Å². The summed E-state index contributed by atoms with van der Waals surface area (Å²) in [5.41, 5.74) is 0. The second-order valence-electron chi connectivity index (χ2n) is 1.10. The van der Waals surface area contributed by atoms with Crippen LogP contribution in [-0.2, 0) is 0 Å². The van der Waals surface area contributed by atoms with Crippen LogP contribution in [-0.4, -0.2) is 6.16 Å². The van der Waals surface area contributed by atoms with Crippen LogP contribution >= 0.6 is 7.94 Å². The third-order valence-corrected chi connectivity index (χ3v) is 1.28. The van der Waals surface area contributed by atoms with Crippen LogP contribution in [0.5, 0.6) is 0 Å². The number of hydrogen-bond donors (Lipinski definition) is 1. The molecule has 1 unspecified atom stereocenters. The van der Waals surface area contributed by atoms with Gasteiger partial charge in [-0.05, 0) is 6.42 Å². The van der Waals surface area contributed by atoms with E-state index in [2.05, 4.69) is 0 Å². The number of hydrogen-bond acceptors (Lipinski definition) is 2. The molecule has 0 rings (SSSR count). The second-order valence-corrected chi connectivity index (χ2v) is 2.31. The van der Waals surface area contributed by atoms with Crippen LogP contribution in [0.25, 0.3) is 0 Å². The largest absolute Gasteiger partial charge is 0.612 e. The van der Waals surface area contributed by atoms with Crippen molar-refractivity contribution in [1.29, 1.82) is 5.16 Å². The molecule has 6 heavy (non-hydrogen) atoms. The molecule has 0 aliphatic carbocycles. The number of rotatable bonds is 2. The lowest BCUT2D eigenvalue weighted by Gasteiger charge is -1.83. The zero-order chi connectivity index (χ0) is 4.99. The molecule has 0 amide bonds. The molecule has 0 saturated heterocycles. The summed E-state index contributed by atoms with van der Waals surface area (Å²) in [7, 11) is -1.60. The van der Waals surface area contributed by atoms with Crippen LogP contribution in [0, 0.1) is 5.16 Å². The van der Waals surface area contributed by atoms with Crippen molar-refractivity contribution >= 4 is 7.94 Å². The molecule has 0 fully saturated rings. The topological polar surface area (TPSA) is 46.9 Å². The summed E-state index contributed by atoms with van der Waals surface area (Å²) < 4.78 is 0. The van der Waals surface area contributed by atoms with Gasteiger partial charge in [0.2, 0.25) is 0 Å². The molecular formula is C3H8NOP. The maximum absolute atomic E-state index is 9.86. The van der Waals surface area contributed by atoms with Gasteiger partial charge in [-0.1, -0.05) is 6.92 Å². The molecule has 0 aliphatic heterocycles. The quantitative estimate of drug-likeness (QED) is 0.521. The summed E-state index contributed by atoms with van der Waals surface area (Å²) in [6.07, 6.45) is 1.41. The minimum Gasteiger partial charge on any atom is -0.612 e. The highest BCUT2D eigenvalue weighted by atomic mass is 31.1. The first-order valence-electron chi connectivity index (χ1n) is 1.93. The molecule has 0 spiro atoms. The fourth-order valence-corrected chi connectivity index (χ4v) is 0.609. The van der Waals surface area contributed by atoms with Crippen molar-refractivity contribution in [2.24, 2.45) is 0 Å². The van der Waals surface area contributed by atoms with Crippen molar-refractivity contribution < 1.29 is 4.89 Å². The Balaban J connectivity index is 2.83. The van der Waals surface area contributed by atoms with E-state index in [9.17, 15) is 4.89 Å². The van der Waals surface area contributed by atoms with Gasteiger partial charge in [0.15, 0.2) is 7.94 Å². The molecule has 2 nitrogen and oxygen atoms in total. The Morgan fingerprint density at radius 2 is 2.33 bits per heavy atom. The standard InChI is InChI=1S/C3H8NOP/c1-2-3-6(4)5/h4H,2-3H2,1H3. The average Bonchev–Trinajstić information content (AvgIpc) is 1.35. The highest BCUT2D eigenvalue weighted by Crippen LogP contribution is 2.07. The molecule has 3 heteroatoms. The first-order chi connectivity index (χ1) is 2.77. The van der Waals surface area contributed by atoms with Gasteiger partial charge in [-0.25, -0.2) is 0 Å². The van der Waals surface area contributed by atoms with E-state index in [1.807, 2.05) is 6.92 Å². The minimum atomic E-state index is -1.60. The molecule has 0 aliphatic rings. The molecule has 1 atom stereocenters. The Kier molecular flexibility index (Phi) is 3.29. The molecule has 1 N–H and O–H groups in total. The lowest BCUT2D eigenvalue weighted by molar-refractivity contribution is -0.156. The zero-order valence-electron chi connectivity index (χ0n) is 3.77. The fourth-order valence-electron chi connectivity index (χ4n) is 0.203. The van der Waals surface area contributed by atoms with E-state index in [4.69, 9.17) is 5.16 Å². The first kappa shape index (κ1) is 6.06. The van der Waals surface area contributed by atoms with Crippen molar-refractivity contribution in [2.75, 3.05) is 6.16 Å². The molecule has 0 radical (unpaired) electrons. The molecule has 0 saturated carbocycles. The highest BCUT2D eigenvalue weighted by molar-refractivity contribution is 7.37. The third kappa shape index (κ3) is 4.06. The predicted molar refractivity (Wildman–Crippen MR) is 24.8 cm³/mol. The smallest absolute Gasteiger partial charge is 0.159 e. The zero-order valence-corrected chi connectivity index (χ0v) is 4.66. The molecular weight excluding hydrogens is 97.0 g/mol. The second kappa shape index (κ2) is 3.26. The van der Waals surface area contributed by atoms with Crippen molar-refractivity contribution in [3.63, 3.8) is 0 Å². The maximum Gasteiger partial charge on any atom is 0.159 e. The van der Waals surface area contributed by atoms with E-state index in [1.165, 1.54) is 0 Å². The fraction of sp³-hybridized carbons (Fsp3) is 1.00. The van der Waals surface area contributed by atoms with Gasteiger partial charge in [0, 0.05) is 0 Å². The van der Waals surface area contributed by atoms with Crippen LogP contribution in [0.1, 0.15) is 13.3 Å². The van der Waals surface area contributed by atoms with Gasteiger partial charge in [0.1, 0.15) is 6.16 Å². The normalized spacial score (nSPS) is 11.3. The summed E-state index contributed by atoms with van der Waals surface area (Å²) in [6.45, 7) is 1.92. The van der Waals surface area contributed by atoms with E-state index >= 15 is 0 Å². The van der Waals surface area contributed by atoms with E-state index in [0.717, 1.165) is 6.42 Å². The lowest BCUT2D eigenvalue weighted by Crippen LogP contribution is -1.87. The summed E-state index contributed by atoms with van der Waals surface area (Å²) in [5, 5.41) is 6.49. The Morgan fingerprint density at radius 1 is 1.83 bits per heavy atom. The molecule has 0 aromatic heterocycles. The number of nitrogens with one attached hydrogen (secondary N) is 1. The van der Waals surface area contributed by atoms with Gasteiger partial charge >= 0.3 is 0 Å². The van der Waals surface area contributed by atoms with Crippen LogP contribution in [0.4, 0.5) is 0 Å². The van der Waals surface area contributed by atoms with E-state index < -0.39 is 7.94 Å². The molecule has 0 heterocycles. The average molecular weight is 105 g/mol. The van der Waals surface area contributed by atoms with E-state index in [-0.39, 0.29) is 0 Å². The van der Waals surface area contributed by atoms with Crippen LogP contribution < -0.4 is 4.89 Å². The SMILES string of the molecule is CCC[P+](=N)[O-]. The molecule has 36 valence electrons.